The molecule has 0 saturated heterocycles. The van der Waals surface area contributed by atoms with Gasteiger partial charge in [0.05, 0.1) is 0 Å². The highest BCUT2D eigenvalue weighted by molar-refractivity contribution is 5.04. The van der Waals surface area contributed by atoms with E-state index in [2.05, 4.69) is 26.0 Å². The molecule has 2 unspecified atom stereocenters. The Morgan fingerprint density at radius 3 is 2.00 bits per heavy atom. The summed E-state index contributed by atoms with van der Waals surface area (Å²) in [5.41, 5.74) is 5.77. The van der Waals surface area contributed by atoms with Gasteiger partial charge in [-0.3, -0.25) is 0 Å². The molecule has 1 aliphatic rings. The minimum Gasteiger partial charge on any atom is -0.322 e. The van der Waals surface area contributed by atoms with Crippen molar-refractivity contribution in [3.8, 4) is 0 Å². The van der Waals surface area contributed by atoms with Gasteiger partial charge in [-0.1, -0.05) is 26.0 Å². The number of hydrogen-bond acceptors (Lipinski definition) is 1. The van der Waals surface area contributed by atoms with Crippen LogP contribution in [-0.2, 0) is 0 Å². The van der Waals surface area contributed by atoms with Gasteiger partial charge in [0.15, 0.2) is 0 Å². The van der Waals surface area contributed by atoms with E-state index in [9.17, 15) is 0 Å². The quantitative estimate of drug-likeness (QED) is 0.651. The highest BCUT2D eigenvalue weighted by Crippen LogP contribution is 2.37. The van der Waals surface area contributed by atoms with E-state index in [4.69, 9.17) is 5.73 Å². The first-order valence-electron chi connectivity index (χ1n) is 5.38. The smallest absolute Gasteiger partial charge is 0.0281 e. The lowest BCUT2D eigenvalue weighted by Crippen LogP contribution is -2.29. The predicted molar refractivity (Wildman–Crippen MR) is 58.5 cm³/mol. The van der Waals surface area contributed by atoms with Gasteiger partial charge in [-0.15, -0.1) is 0 Å². The highest BCUT2D eigenvalue weighted by Gasteiger charge is 2.28. The second-order valence-electron chi connectivity index (χ2n) is 5.29. The van der Waals surface area contributed by atoms with Crippen molar-refractivity contribution in [1.29, 1.82) is 0 Å². The van der Waals surface area contributed by atoms with E-state index >= 15 is 0 Å². The molecule has 1 nitrogen and oxygen atoms in total. The molecule has 0 radical (unpaired) electrons. The third kappa shape index (κ3) is 3.15. The van der Waals surface area contributed by atoms with Crippen molar-refractivity contribution in [3.05, 3.63) is 12.2 Å². The van der Waals surface area contributed by atoms with Gasteiger partial charge in [-0.25, -0.2) is 0 Å². The van der Waals surface area contributed by atoms with Crippen molar-refractivity contribution in [3.63, 3.8) is 0 Å². The molecule has 2 N–H and O–H groups in total. The molecule has 0 amide bonds. The number of nitrogens with two attached hydrogens (primary N) is 1. The molecular weight excluding hydrogens is 158 g/mol. The van der Waals surface area contributed by atoms with Gasteiger partial charge in [0.1, 0.15) is 0 Å². The monoisotopic (exact) mass is 181 g/mol. The van der Waals surface area contributed by atoms with E-state index in [-0.39, 0.29) is 5.54 Å². The third-order valence-electron chi connectivity index (χ3n) is 3.14. The Morgan fingerprint density at radius 1 is 1.15 bits per heavy atom. The van der Waals surface area contributed by atoms with Gasteiger partial charge < -0.3 is 5.73 Å². The van der Waals surface area contributed by atoms with Crippen molar-refractivity contribution >= 4 is 0 Å². The van der Waals surface area contributed by atoms with E-state index in [1.54, 1.807) is 0 Å². The molecule has 1 saturated carbocycles. The molecule has 1 rings (SSSR count). The fourth-order valence-corrected chi connectivity index (χ4v) is 2.21. The largest absolute Gasteiger partial charge is 0.322 e. The minimum atomic E-state index is -0.151. The molecule has 1 fully saturated rings. The number of hydrogen-bond donors (Lipinski definition) is 1. The summed E-state index contributed by atoms with van der Waals surface area (Å²) in [5.74, 6) is 2.44. The van der Waals surface area contributed by atoms with E-state index in [1.165, 1.54) is 12.8 Å². The zero-order valence-corrected chi connectivity index (χ0v) is 9.38. The van der Waals surface area contributed by atoms with Crippen LogP contribution in [0.2, 0.25) is 0 Å². The zero-order chi connectivity index (χ0) is 10.1. The molecule has 0 aromatic rings. The number of allylic oxidation sites excluding steroid dienone is 1. The van der Waals surface area contributed by atoms with Crippen molar-refractivity contribution in [2.45, 2.75) is 46.1 Å². The van der Waals surface area contributed by atoms with E-state index < -0.39 is 0 Å². The average Bonchev–Trinajstić information content (AvgIpc) is 2.27. The summed E-state index contributed by atoms with van der Waals surface area (Å²) in [6.07, 6.45) is 7.25. The molecular formula is C12H23N. The molecule has 0 heterocycles. The first-order chi connectivity index (χ1) is 5.90. The minimum absolute atomic E-state index is 0.151. The summed E-state index contributed by atoms with van der Waals surface area (Å²) >= 11 is 0. The SMILES string of the molecule is CC1CCC(C)C1/C=C/C(C)(C)N. The van der Waals surface area contributed by atoms with Crippen LogP contribution in [0.3, 0.4) is 0 Å². The van der Waals surface area contributed by atoms with Gasteiger partial charge in [0, 0.05) is 5.54 Å². The van der Waals surface area contributed by atoms with E-state index in [0.717, 1.165) is 17.8 Å². The van der Waals surface area contributed by atoms with Gasteiger partial charge in [0.2, 0.25) is 0 Å². The summed E-state index contributed by atoms with van der Waals surface area (Å²) < 4.78 is 0. The highest BCUT2D eigenvalue weighted by atomic mass is 14.7. The van der Waals surface area contributed by atoms with Crippen LogP contribution in [0.5, 0.6) is 0 Å². The maximum atomic E-state index is 5.92. The average molecular weight is 181 g/mol. The lowest BCUT2D eigenvalue weighted by atomic mass is 9.89. The summed E-state index contributed by atoms with van der Waals surface area (Å²) in [7, 11) is 0. The van der Waals surface area contributed by atoms with Crippen molar-refractivity contribution in [1.82, 2.24) is 0 Å². The van der Waals surface area contributed by atoms with Crippen LogP contribution < -0.4 is 5.73 Å². The maximum absolute atomic E-state index is 5.92. The second kappa shape index (κ2) is 3.83. The fraction of sp³-hybridized carbons (Fsp3) is 0.833. The zero-order valence-electron chi connectivity index (χ0n) is 9.38. The molecule has 0 bridgehead atoms. The first kappa shape index (κ1) is 10.8. The number of rotatable bonds is 2. The van der Waals surface area contributed by atoms with Gasteiger partial charge in [0.25, 0.3) is 0 Å². The van der Waals surface area contributed by atoms with Crippen LogP contribution in [0.25, 0.3) is 0 Å². The molecule has 0 aromatic carbocycles. The molecule has 1 aliphatic carbocycles. The molecule has 0 spiro atoms. The van der Waals surface area contributed by atoms with Crippen LogP contribution in [0, 0.1) is 17.8 Å². The van der Waals surface area contributed by atoms with Crippen molar-refractivity contribution in [2.75, 3.05) is 0 Å². The Hall–Kier alpha value is -0.300. The van der Waals surface area contributed by atoms with Crippen LogP contribution in [0.4, 0.5) is 0 Å². The normalized spacial score (nSPS) is 35.9. The first-order valence-corrected chi connectivity index (χ1v) is 5.38. The van der Waals surface area contributed by atoms with Crippen LogP contribution >= 0.6 is 0 Å². The van der Waals surface area contributed by atoms with Crippen LogP contribution in [0.15, 0.2) is 12.2 Å². The summed E-state index contributed by atoms with van der Waals surface area (Å²) in [4.78, 5) is 0. The molecule has 13 heavy (non-hydrogen) atoms. The standard InChI is InChI=1S/C12H23N/c1-9-5-6-10(2)11(9)7-8-12(3,4)13/h7-11H,5-6,13H2,1-4H3/b8-7+. The van der Waals surface area contributed by atoms with Crippen molar-refractivity contribution in [2.24, 2.45) is 23.5 Å². The van der Waals surface area contributed by atoms with Gasteiger partial charge >= 0.3 is 0 Å². The Bertz CT molecular complexity index is 178. The lowest BCUT2D eigenvalue weighted by Gasteiger charge is -2.18. The Balaban J connectivity index is 2.57. The van der Waals surface area contributed by atoms with Crippen molar-refractivity contribution < 1.29 is 0 Å². The van der Waals surface area contributed by atoms with E-state index in [0.29, 0.717) is 0 Å². The molecule has 2 atom stereocenters. The van der Waals surface area contributed by atoms with E-state index in [1.807, 2.05) is 13.8 Å². The lowest BCUT2D eigenvalue weighted by molar-refractivity contribution is 0.422. The second-order valence-corrected chi connectivity index (χ2v) is 5.29. The Labute approximate surface area is 82.4 Å². The van der Waals surface area contributed by atoms with Crippen LogP contribution in [-0.4, -0.2) is 5.54 Å². The maximum Gasteiger partial charge on any atom is 0.0281 e. The molecule has 1 heteroatoms. The Morgan fingerprint density at radius 2 is 1.62 bits per heavy atom. The fourth-order valence-electron chi connectivity index (χ4n) is 2.21. The van der Waals surface area contributed by atoms with Gasteiger partial charge in [-0.05, 0) is 44.4 Å². The molecule has 76 valence electrons. The predicted octanol–water partition coefficient (Wildman–Crippen LogP) is 2.96. The molecule has 0 aromatic heterocycles. The third-order valence-corrected chi connectivity index (χ3v) is 3.14. The Kier molecular flexibility index (Phi) is 3.18. The topological polar surface area (TPSA) is 26.0 Å². The summed E-state index contributed by atoms with van der Waals surface area (Å²) in [6, 6.07) is 0. The molecule has 0 aliphatic heterocycles. The van der Waals surface area contributed by atoms with Gasteiger partial charge in [-0.2, -0.15) is 0 Å². The van der Waals surface area contributed by atoms with Crippen LogP contribution in [0.1, 0.15) is 40.5 Å². The summed E-state index contributed by atoms with van der Waals surface area (Å²) in [6.45, 7) is 8.80. The summed E-state index contributed by atoms with van der Waals surface area (Å²) in [5, 5.41) is 0.